The lowest BCUT2D eigenvalue weighted by molar-refractivity contribution is -0.123. The van der Waals surface area contributed by atoms with Crippen LogP contribution < -0.4 is 10.1 Å². The fourth-order valence-corrected chi connectivity index (χ4v) is 3.57. The molecule has 0 saturated carbocycles. The molecule has 1 amide bonds. The van der Waals surface area contributed by atoms with Gasteiger partial charge in [0.25, 0.3) is 5.91 Å². The monoisotopic (exact) mass is 387 g/mol. The van der Waals surface area contributed by atoms with Crippen molar-refractivity contribution in [1.29, 1.82) is 0 Å². The van der Waals surface area contributed by atoms with Crippen molar-refractivity contribution in [2.45, 2.75) is 13.3 Å². The summed E-state index contributed by atoms with van der Waals surface area (Å²) >= 11 is 11.2. The van der Waals surface area contributed by atoms with Gasteiger partial charge in [0.2, 0.25) is 0 Å². The number of ether oxygens (including phenoxy) is 1. The van der Waals surface area contributed by atoms with E-state index in [0.717, 1.165) is 16.5 Å². The number of benzene rings is 1. The third kappa shape index (κ3) is 5.02. The van der Waals surface area contributed by atoms with Crippen LogP contribution in [0.1, 0.15) is 10.4 Å². The first-order valence-electron chi connectivity index (χ1n) is 6.44. The zero-order valence-corrected chi connectivity index (χ0v) is 14.6. The molecule has 0 fully saturated rings. The minimum atomic E-state index is -0.148. The first kappa shape index (κ1) is 16.3. The summed E-state index contributed by atoms with van der Waals surface area (Å²) in [4.78, 5) is 13.0. The van der Waals surface area contributed by atoms with Gasteiger partial charge in [-0.05, 0) is 42.5 Å². The van der Waals surface area contributed by atoms with E-state index in [1.165, 1.54) is 4.88 Å². The van der Waals surface area contributed by atoms with E-state index in [0.29, 0.717) is 17.3 Å². The molecule has 0 spiro atoms. The molecular formula is C15H15BrClNO2S. The molecule has 1 aromatic carbocycles. The molecule has 0 unspecified atom stereocenters. The summed E-state index contributed by atoms with van der Waals surface area (Å²) in [7, 11) is 0. The van der Waals surface area contributed by atoms with Gasteiger partial charge in [0, 0.05) is 15.9 Å². The van der Waals surface area contributed by atoms with E-state index < -0.39 is 0 Å². The van der Waals surface area contributed by atoms with Crippen LogP contribution in [0.2, 0.25) is 5.02 Å². The van der Waals surface area contributed by atoms with Gasteiger partial charge in [0.15, 0.2) is 6.61 Å². The standard InChI is InChI=1S/C15H15BrClNO2S/c1-10-7-11(16)8-13(17)15(10)20-9-14(19)18-5-4-12-3-2-6-21-12/h2-3,6-8H,4-5,9H2,1H3,(H,18,19). The van der Waals surface area contributed by atoms with Gasteiger partial charge >= 0.3 is 0 Å². The molecule has 3 nitrogen and oxygen atoms in total. The molecule has 1 heterocycles. The number of nitrogens with one attached hydrogen (secondary N) is 1. The van der Waals surface area contributed by atoms with Gasteiger partial charge in [-0.3, -0.25) is 4.79 Å². The summed E-state index contributed by atoms with van der Waals surface area (Å²) in [6.45, 7) is 2.46. The number of rotatable bonds is 6. The van der Waals surface area contributed by atoms with Crippen LogP contribution in [0, 0.1) is 6.92 Å². The molecule has 2 aromatic rings. The molecule has 0 atom stereocenters. The van der Waals surface area contributed by atoms with Gasteiger partial charge in [-0.2, -0.15) is 0 Å². The summed E-state index contributed by atoms with van der Waals surface area (Å²) < 4.78 is 6.40. The van der Waals surface area contributed by atoms with Crippen molar-refractivity contribution in [3.63, 3.8) is 0 Å². The number of hydrogen-bond donors (Lipinski definition) is 1. The van der Waals surface area contributed by atoms with Crippen molar-refractivity contribution >= 4 is 44.8 Å². The van der Waals surface area contributed by atoms with Gasteiger partial charge in [-0.15, -0.1) is 11.3 Å². The molecule has 0 aliphatic rings. The minimum Gasteiger partial charge on any atom is -0.482 e. The molecule has 1 N–H and O–H groups in total. The Balaban J connectivity index is 1.79. The number of halogens is 2. The number of aryl methyl sites for hydroxylation is 1. The van der Waals surface area contributed by atoms with Gasteiger partial charge < -0.3 is 10.1 Å². The Morgan fingerprint density at radius 1 is 1.48 bits per heavy atom. The molecule has 0 aliphatic heterocycles. The van der Waals surface area contributed by atoms with E-state index in [-0.39, 0.29) is 12.5 Å². The Morgan fingerprint density at radius 2 is 2.29 bits per heavy atom. The van der Waals surface area contributed by atoms with E-state index in [4.69, 9.17) is 16.3 Å². The lowest BCUT2D eigenvalue weighted by Crippen LogP contribution is -2.30. The Labute approximate surface area is 141 Å². The smallest absolute Gasteiger partial charge is 0.257 e. The average Bonchev–Trinajstić information content (AvgIpc) is 2.90. The molecule has 1 aromatic heterocycles. The zero-order valence-electron chi connectivity index (χ0n) is 11.5. The van der Waals surface area contributed by atoms with E-state index in [9.17, 15) is 4.79 Å². The van der Waals surface area contributed by atoms with Crippen LogP contribution in [0.3, 0.4) is 0 Å². The van der Waals surface area contributed by atoms with E-state index in [1.807, 2.05) is 24.4 Å². The highest BCUT2D eigenvalue weighted by atomic mass is 79.9. The topological polar surface area (TPSA) is 38.3 Å². The van der Waals surface area contributed by atoms with Crippen LogP contribution in [0.5, 0.6) is 5.75 Å². The SMILES string of the molecule is Cc1cc(Br)cc(Cl)c1OCC(=O)NCCc1cccs1. The van der Waals surface area contributed by atoms with Crippen LogP contribution in [0.25, 0.3) is 0 Å². The molecule has 21 heavy (non-hydrogen) atoms. The molecule has 2 rings (SSSR count). The van der Waals surface area contributed by atoms with Gasteiger partial charge in [-0.1, -0.05) is 33.6 Å². The fourth-order valence-electron chi connectivity index (χ4n) is 1.84. The van der Waals surface area contributed by atoms with Crippen molar-refractivity contribution in [2.24, 2.45) is 0 Å². The molecule has 112 valence electrons. The quantitative estimate of drug-likeness (QED) is 0.805. The van der Waals surface area contributed by atoms with E-state index in [1.54, 1.807) is 17.4 Å². The van der Waals surface area contributed by atoms with Crippen molar-refractivity contribution in [3.05, 3.63) is 49.6 Å². The average molecular weight is 389 g/mol. The lowest BCUT2D eigenvalue weighted by atomic mass is 10.2. The highest BCUT2D eigenvalue weighted by Crippen LogP contribution is 2.31. The minimum absolute atomic E-state index is 0.0351. The maximum Gasteiger partial charge on any atom is 0.257 e. The van der Waals surface area contributed by atoms with Crippen molar-refractivity contribution in [3.8, 4) is 5.75 Å². The van der Waals surface area contributed by atoms with Crippen molar-refractivity contribution < 1.29 is 9.53 Å². The predicted molar refractivity (Wildman–Crippen MR) is 90.4 cm³/mol. The second-order valence-electron chi connectivity index (χ2n) is 4.50. The first-order valence-corrected chi connectivity index (χ1v) is 8.49. The van der Waals surface area contributed by atoms with Gasteiger partial charge in [-0.25, -0.2) is 0 Å². The number of thiophene rings is 1. The number of hydrogen-bond acceptors (Lipinski definition) is 3. The molecule has 0 saturated heterocycles. The van der Waals surface area contributed by atoms with Crippen LogP contribution in [-0.4, -0.2) is 19.1 Å². The Morgan fingerprint density at radius 3 is 2.95 bits per heavy atom. The number of amides is 1. The summed E-state index contributed by atoms with van der Waals surface area (Å²) in [5, 5.41) is 5.35. The van der Waals surface area contributed by atoms with Crippen molar-refractivity contribution in [1.82, 2.24) is 5.32 Å². The second kappa shape index (κ2) is 7.82. The van der Waals surface area contributed by atoms with Gasteiger partial charge in [0.1, 0.15) is 5.75 Å². The molecule has 0 radical (unpaired) electrons. The third-order valence-corrected chi connectivity index (χ3v) is 4.49. The molecular weight excluding hydrogens is 374 g/mol. The van der Waals surface area contributed by atoms with Gasteiger partial charge in [0.05, 0.1) is 5.02 Å². The maximum absolute atomic E-state index is 11.7. The summed E-state index contributed by atoms with van der Waals surface area (Å²) in [5.41, 5.74) is 0.890. The summed E-state index contributed by atoms with van der Waals surface area (Å²) in [6.07, 6.45) is 0.835. The summed E-state index contributed by atoms with van der Waals surface area (Å²) in [5.74, 6) is 0.401. The lowest BCUT2D eigenvalue weighted by Gasteiger charge is -2.11. The normalized spacial score (nSPS) is 10.4. The van der Waals surface area contributed by atoms with Crippen LogP contribution >= 0.6 is 38.9 Å². The Hall–Kier alpha value is -1.04. The number of carbonyl (C=O) groups excluding carboxylic acids is 1. The third-order valence-electron chi connectivity index (χ3n) is 2.82. The second-order valence-corrected chi connectivity index (χ2v) is 6.86. The highest BCUT2D eigenvalue weighted by Gasteiger charge is 2.09. The van der Waals surface area contributed by atoms with Crippen LogP contribution in [-0.2, 0) is 11.2 Å². The first-order chi connectivity index (χ1) is 10.1. The maximum atomic E-state index is 11.7. The molecule has 0 bridgehead atoms. The fraction of sp³-hybridized carbons (Fsp3) is 0.267. The predicted octanol–water partition coefficient (Wildman–Crippen LogP) is 4.21. The number of carbonyl (C=O) groups is 1. The highest BCUT2D eigenvalue weighted by molar-refractivity contribution is 9.10. The Kier molecular flexibility index (Phi) is 6.08. The van der Waals surface area contributed by atoms with Crippen molar-refractivity contribution in [2.75, 3.05) is 13.2 Å². The van der Waals surface area contributed by atoms with Crippen LogP contribution in [0.15, 0.2) is 34.1 Å². The van der Waals surface area contributed by atoms with E-state index in [2.05, 4.69) is 27.3 Å². The molecule has 0 aliphatic carbocycles. The van der Waals surface area contributed by atoms with E-state index >= 15 is 0 Å². The Bertz CT molecular complexity index is 593. The zero-order chi connectivity index (χ0) is 15.2. The summed E-state index contributed by atoms with van der Waals surface area (Å²) in [6, 6.07) is 7.70. The van der Waals surface area contributed by atoms with Crippen LogP contribution in [0.4, 0.5) is 0 Å². The largest absolute Gasteiger partial charge is 0.482 e. The molecule has 6 heteroatoms.